The first-order valence-corrected chi connectivity index (χ1v) is 10.9. The van der Waals surface area contributed by atoms with E-state index in [9.17, 15) is 0 Å². The molecule has 5 nitrogen and oxygen atoms in total. The Balaban J connectivity index is 1.63. The molecule has 0 saturated heterocycles. The van der Waals surface area contributed by atoms with E-state index >= 15 is 0 Å². The molecule has 0 aliphatic carbocycles. The van der Waals surface area contributed by atoms with Crippen LogP contribution in [0.4, 0.5) is 0 Å². The van der Waals surface area contributed by atoms with Gasteiger partial charge in [-0.25, -0.2) is 4.99 Å². The molecule has 30 heavy (non-hydrogen) atoms. The van der Waals surface area contributed by atoms with E-state index < -0.39 is 5.54 Å². The lowest BCUT2D eigenvalue weighted by atomic mass is 9.80. The molecule has 0 saturated carbocycles. The van der Waals surface area contributed by atoms with Crippen molar-refractivity contribution in [1.82, 2.24) is 0 Å². The van der Waals surface area contributed by atoms with Crippen LogP contribution in [-0.2, 0) is 10.3 Å². The van der Waals surface area contributed by atoms with Crippen molar-refractivity contribution in [2.24, 2.45) is 16.1 Å². The Morgan fingerprint density at radius 1 is 1.07 bits per heavy atom. The summed E-state index contributed by atoms with van der Waals surface area (Å²) >= 11 is 1.67. The predicted octanol–water partition coefficient (Wildman–Crippen LogP) is 5.53. The van der Waals surface area contributed by atoms with E-state index in [0.29, 0.717) is 13.2 Å². The molecule has 0 fully saturated rings. The second-order valence-electron chi connectivity index (χ2n) is 8.93. The highest BCUT2D eigenvalue weighted by Gasteiger charge is 2.47. The van der Waals surface area contributed by atoms with Gasteiger partial charge in [-0.1, -0.05) is 26.8 Å². The maximum atomic E-state index is 6.25. The third kappa shape index (κ3) is 3.21. The van der Waals surface area contributed by atoms with Gasteiger partial charge >= 0.3 is 0 Å². The van der Waals surface area contributed by atoms with E-state index in [-0.39, 0.29) is 11.4 Å². The maximum Gasteiger partial charge on any atom is 0.283 e. The van der Waals surface area contributed by atoms with Crippen LogP contribution in [-0.4, -0.2) is 19.2 Å². The zero-order valence-electron chi connectivity index (χ0n) is 17.3. The van der Waals surface area contributed by atoms with Crippen LogP contribution in [0.15, 0.2) is 58.2 Å². The van der Waals surface area contributed by atoms with Crippen molar-refractivity contribution >= 4 is 17.4 Å². The van der Waals surface area contributed by atoms with Gasteiger partial charge in [-0.3, -0.25) is 0 Å². The zero-order valence-corrected chi connectivity index (χ0v) is 18.1. The van der Waals surface area contributed by atoms with Crippen LogP contribution in [0.1, 0.15) is 31.9 Å². The number of aliphatic imine (C=N–C) groups is 1. The van der Waals surface area contributed by atoms with Gasteiger partial charge in [0.25, 0.3) is 6.02 Å². The highest BCUT2D eigenvalue weighted by Crippen LogP contribution is 2.52. The average Bonchev–Trinajstić information content (AvgIpc) is 3.37. The molecule has 1 spiro atoms. The number of nitrogens with zero attached hydrogens (tertiary/aromatic N) is 1. The number of benzene rings is 2. The topological polar surface area (TPSA) is 66.1 Å². The van der Waals surface area contributed by atoms with Gasteiger partial charge in [0.1, 0.15) is 23.9 Å². The fraction of sp³-hybridized carbons (Fsp3) is 0.292. The number of amidine groups is 1. The van der Waals surface area contributed by atoms with E-state index in [4.69, 9.17) is 24.9 Å². The molecule has 0 radical (unpaired) electrons. The van der Waals surface area contributed by atoms with E-state index in [2.05, 4.69) is 49.7 Å². The first-order valence-electron chi connectivity index (χ1n) is 9.94. The molecule has 5 rings (SSSR count). The van der Waals surface area contributed by atoms with Crippen molar-refractivity contribution in [2.75, 3.05) is 13.2 Å². The van der Waals surface area contributed by atoms with Crippen LogP contribution in [0.5, 0.6) is 17.2 Å². The summed E-state index contributed by atoms with van der Waals surface area (Å²) in [5.74, 6) is 2.30. The number of rotatable bonds is 3. The monoisotopic (exact) mass is 420 g/mol. The molecule has 154 valence electrons. The first-order chi connectivity index (χ1) is 14.3. The van der Waals surface area contributed by atoms with Gasteiger partial charge in [0, 0.05) is 11.1 Å². The molecule has 2 aliphatic rings. The van der Waals surface area contributed by atoms with Crippen LogP contribution in [0, 0.1) is 5.41 Å². The van der Waals surface area contributed by atoms with Gasteiger partial charge in [-0.2, -0.15) is 11.3 Å². The highest BCUT2D eigenvalue weighted by molar-refractivity contribution is 7.08. The minimum absolute atomic E-state index is 0.0607. The van der Waals surface area contributed by atoms with Crippen molar-refractivity contribution in [3.05, 3.63) is 64.4 Å². The molecule has 3 aromatic rings. The van der Waals surface area contributed by atoms with Crippen LogP contribution in [0.2, 0.25) is 0 Å². The number of fused-ring (bicyclic) bond motifs is 4. The first kappa shape index (κ1) is 19.0. The second-order valence-corrected chi connectivity index (χ2v) is 9.71. The smallest absolute Gasteiger partial charge is 0.283 e. The Labute approximate surface area is 180 Å². The minimum atomic E-state index is -0.750. The molecule has 1 atom stereocenters. The Kier molecular flexibility index (Phi) is 4.29. The Morgan fingerprint density at radius 3 is 2.50 bits per heavy atom. The summed E-state index contributed by atoms with van der Waals surface area (Å²) in [6.45, 7) is 7.38. The molecule has 2 aromatic carbocycles. The van der Waals surface area contributed by atoms with E-state index in [1.54, 1.807) is 11.3 Å². The summed E-state index contributed by atoms with van der Waals surface area (Å²) in [4.78, 5) is 4.77. The average molecular weight is 421 g/mol. The third-order valence-electron chi connectivity index (χ3n) is 5.30. The van der Waals surface area contributed by atoms with Crippen molar-refractivity contribution in [2.45, 2.75) is 26.3 Å². The van der Waals surface area contributed by atoms with Crippen LogP contribution >= 0.6 is 11.3 Å². The fourth-order valence-corrected chi connectivity index (χ4v) is 4.50. The number of thiophene rings is 1. The molecule has 2 N–H and O–H groups in total. The van der Waals surface area contributed by atoms with Crippen LogP contribution in [0.25, 0.3) is 11.1 Å². The molecule has 3 heterocycles. The number of hydrogen-bond acceptors (Lipinski definition) is 6. The SMILES string of the molecule is CC(C)(C)COc1ccc2c(c1)[C@]1(COC(N)=N1)c1cc(-c3ccsc3)ccc1O2. The lowest BCUT2D eigenvalue weighted by molar-refractivity contribution is 0.197. The second kappa shape index (κ2) is 6.77. The Bertz CT molecular complexity index is 1130. The van der Waals surface area contributed by atoms with Crippen molar-refractivity contribution in [3.8, 4) is 28.4 Å². The summed E-state index contributed by atoms with van der Waals surface area (Å²) in [6, 6.07) is 14.4. The summed E-state index contributed by atoms with van der Waals surface area (Å²) in [6.07, 6.45) is 0. The van der Waals surface area contributed by atoms with E-state index in [0.717, 1.165) is 33.9 Å². The van der Waals surface area contributed by atoms with Crippen LogP contribution < -0.4 is 15.2 Å². The van der Waals surface area contributed by atoms with Gasteiger partial charge in [0.05, 0.1) is 6.61 Å². The van der Waals surface area contributed by atoms with Crippen molar-refractivity contribution in [3.63, 3.8) is 0 Å². The van der Waals surface area contributed by atoms with Gasteiger partial charge in [0.15, 0.2) is 5.54 Å². The van der Waals surface area contributed by atoms with Gasteiger partial charge in [-0.15, -0.1) is 0 Å². The lowest BCUT2D eigenvalue weighted by Gasteiger charge is -2.34. The molecule has 0 amide bonds. The molecule has 0 bridgehead atoms. The molecular weight excluding hydrogens is 396 g/mol. The quantitative estimate of drug-likeness (QED) is 0.605. The minimum Gasteiger partial charge on any atom is -0.493 e. The third-order valence-corrected chi connectivity index (χ3v) is 5.98. The van der Waals surface area contributed by atoms with Gasteiger partial charge in [-0.05, 0) is 63.7 Å². The molecule has 1 aromatic heterocycles. The molecular formula is C24H24N2O3S. The van der Waals surface area contributed by atoms with E-state index in [1.165, 1.54) is 5.56 Å². The molecule has 2 aliphatic heterocycles. The zero-order chi connectivity index (χ0) is 20.9. The summed E-state index contributed by atoms with van der Waals surface area (Å²) in [7, 11) is 0. The highest BCUT2D eigenvalue weighted by atomic mass is 32.1. The van der Waals surface area contributed by atoms with Crippen molar-refractivity contribution in [1.29, 1.82) is 0 Å². The lowest BCUT2D eigenvalue weighted by Crippen LogP contribution is -2.31. The number of ether oxygens (including phenoxy) is 3. The summed E-state index contributed by atoms with van der Waals surface area (Å²) < 4.78 is 18.0. The number of nitrogens with two attached hydrogens (primary N) is 1. The normalized spacial score (nSPS) is 19.5. The van der Waals surface area contributed by atoms with E-state index in [1.807, 2.05) is 24.3 Å². The Hall–Kier alpha value is -2.99. The van der Waals surface area contributed by atoms with Gasteiger partial charge in [0.2, 0.25) is 0 Å². The Morgan fingerprint density at radius 2 is 1.83 bits per heavy atom. The van der Waals surface area contributed by atoms with Crippen molar-refractivity contribution < 1.29 is 14.2 Å². The standard InChI is InChI=1S/C24H24N2O3S/c1-23(2,3)13-27-17-5-7-21-19(11-17)24(14-28-22(25)26-24)18-10-15(4-6-20(18)29-21)16-8-9-30-12-16/h4-12H,13-14H2,1-3H3,(H2,25,26)/t24-/m0/s1. The largest absolute Gasteiger partial charge is 0.493 e. The molecule has 0 unspecified atom stereocenters. The van der Waals surface area contributed by atoms with Crippen LogP contribution in [0.3, 0.4) is 0 Å². The number of hydrogen-bond donors (Lipinski definition) is 1. The summed E-state index contributed by atoms with van der Waals surface area (Å²) in [5.41, 5.74) is 9.45. The fourth-order valence-electron chi connectivity index (χ4n) is 3.83. The predicted molar refractivity (Wildman–Crippen MR) is 120 cm³/mol. The van der Waals surface area contributed by atoms with Gasteiger partial charge < -0.3 is 19.9 Å². The maximum absolute atomic E-state index is 6.25. The summed E-state index contributed by atoms with van der Waals surface area (Å²) in [5, 5.41) is 4.21. The molecule has 6 heteroatoms.